The van der Waals surface area contributed by atoms with Crippen molar-refractivity contribution < 1.29 is 41.7 Å². The molecule has 0 amide bonds. The van der Waals surface area contributed by atoms with Crippen molar-refractivity contribution in [1.82, 2.24) is 4.90 Å². The summed E-state index contributed by atoms with van der Waals surface area (Å²) in [7, 11) is 0. The van der Waals surface area contributed by atoms with E-state index in [4.69, 9.17) is 19.3 Å². The fraction of sp³-hybridized carbons (Fsp3) is 0.387. The average molecular weight is 576 g/mol. The van der Waals surface area contributed by atoms with Crippen LogP contribution in [0.1, 0.15) is 48.2 Å². The van der Waals surface area contributed by atoms with E-state index in [1.54, 1.807) is 0 Å². The highest BCUT2D eigenvalue weighted by molar-refractivity contribution is 5.87. The van der Waals surface area contributed by atoms with E-state index in [9.17, 15) is 18.0 Å². The van der Waals surface area contributed by atoms with Crippen molar-refractivity contribution in [2.24, 2.45) is 0 Å². The van der Waals surface area contributed by atoms with E-state index >= 15 is 4.39 Å². The molecule has 1 fully saturated rings. The highest BCUT2D eigenvalue weighted by Gasteiger charge is 2.36. The molecule has 1 N–H and O–H groups in total. The molecule has 220 valence electrons. The van der Waals surface area contributed by atoms with Crippen molar-refractivity contribution in [1.29, 1.82) is 0 Å². The molecular weight excluding hydrogens is 542 g/mol. The number of likely N-dealkylation sites (tertiary alicyclic amines) is 1. The summed E-state index contributed by atoms with van der Waals surface area (Å²) >= 11 is 0. The Labute approximate surface area is 236 Å². The quantitative estimate of drug-likeness (QED) is 0.243. The number of carboxylic acids is 1. The van der Waals surface area contributed by atoms with Gasteiger partial charge in [0.1, 0.15) is 29.5 Å². The zero-order chi connectivity index (χ0) is 29.6. The van der Waals surface area contributed by atoms with Gasteiger partial charge in [-0.15, -0.1) is 0 Å². The summed E-state index contributed by atoms with van der Waals surface area (Å²) in [6.07, 6.45) is -3.90. The van der Waals surface area contributed by atoms with Crippen LogP contribution >= 0.6 is 0 Å². The number of nitrogens with zero attached hydrogens (tertiary/aromatic N) is 1. The van der Waals surface area contributed by atoms with E-state index in [1.807, 2.05) is 26.0 Å². The molecule has 1 aliphatic rings. The van der Waals surface area contributed by atoms with Crippen LogP contribution in [0.5, 0.6) is 17.2 Å². The third kappa shape index (κ3) is 7.70. The maximum absolute atomic E-state index is 15.5. The molecule has 1 saturated heterocycles. The smallest absolute Gasteiger partial charge is 0.416 e. The molecule has 41 heavy (non-hydrogen) atoms. The van der Waals surface area contributed by atoms with Gasteiger partial charge >= 0.3 is 12.1 Å². The van der Waals surface area contributed by atoms with Crippen LogP contribution in [0.15, 0.2) is 60.7 Å². The molecule has 1 heterocycles. The summed E-state index contributed by atoms with van der Waals surface area (Å²) in [6.45, 7) is 5.75. The van der Waals surface area contributed by atoms with Crippen LogP contribution in [-0.4, -0.2) is 54.6 Å². The van der Waals surface area contributed by atoms with Gasteiger partial charge in [0.25, 0.3) is 0 Å². The molecule has 4 rings (SSSR count). The molecule has 6 nitrogen and oxygen atoms in total. The Kier molecular flexibility index (Phi) is 9.42. The first-order valence-corrected chi connectivity index (χ1v) is 13.5. The minimum Gasteiger partial charge on any atom is -0.493 e. The van der Waals surface area contributed by atoms with Gasteiger partial charge in [0.05, 0.1) is 29.9 Å². The van der Waals surface area contributed by atoms with Gasteiger partial charge in [-0.25, -0.2) is 9.18 Å². The van der Waals surface area contributed by atoms with Crippen molar-refractivity contribution in [3.63, 3.8) is 0 Å². The van der Waals surface area contributed by atoms with E-state index in [0.717, 1.165) is 17.7 Å². The second-order valence-electron chi connectivity index (χ2n) is 9.95. The van der Waals surface area contributed by atoms with Gasteiger partial charge in [0.15, 0.2) is 0 Å². The maximum Gasteiger partial charge on any atom is 0.416 e. The third-order valence-corrected chi connectivity index (χ3v) is 6.98. The van der Waals surface area contributed by atoms with Crippen molar-refractivity contribution in [2.45, 2.75) is 45.1 Å². The summed E-state index contributed by atoms with van der Waals surface area (Å²) in [5.41, 5.74) is -0.0946. The topological polar surface area (TPSA) is 68.2 Å². The van der Waals surface area contributed by atoms with Gasteiger partial charge in [-0.05, 0) is 86.3 Å². The fourth-order valence-corrected chi connectivity index (χ4v) is 4.81. The molecular formula is C31H33F4NO5. The zero-order valence-corrected chi connectivity index (χ0v) is 23.0. The third-order valence-electron chi connectivity index (χ3n) is 6.98. The average Bonchev–Trinajstić information content (AvgIpc) is 2.94. The van der Waals surface area contributed by atoms with Gasteiger partial charge in [0, 0.05) is 19.6 Å². The van der Waals surface area contributed by atoms with Crippen LogP contribution in [0.4, 0.5) is 17.6 Å². The lowest BCUT2D eigenvalue weighted by Gasteiger charge is -2.36. The normalized spacial score (nSPS) is 15.4. The van der Waals surface area contributed by atoms with Gasteiger partial charge < -0.3 is 19.3 Å². The van der Waals surface area contributed by atoms with Crippen molar-refractivity contribution in [2.75, 3.05) is 32.9 Å². The van der Waals surface area contributed by atoms with Crippen LogP contribution in [0.25, 0.3) is 11.1 Å². The van der Waals surface area contributed by atoms with Crippen LogP contribution < -0.4 is 14.2 Å². The molecule has 0 aliphatic carbocycles. The number of benzene rings is 3. The molecule has 0 saturated carbocycles. The van der Waals surface area contributed by atoms with E-state index in [2.05, 4.69) is 4.90 Å². The van der Waals surface area contributed by atoms with Crippen LogP contribution in [-0.2, 0) is 12.7 Å². The number of carboxylic acid groups (broad SMARTS) is 1. The molecule has 0 atom stereocenters. The molecule has 0 spiro atoms. The van der Waals surface area contributed by atoms with E-state index < -0.39 is 23.4 Å². The Morgan fingerprint density at radius 1 is 0.902 bits per heavy atom. The molecule has 10 heteroatoms. The molecule has 3 aromatic carbocycles. The number of ether oxygens (including phenoxy) is 3. The lowest BCUT2D eigenvalue weighted by atomic mass is 9.93. The zero-order valence-electron chi connectivity index (χ0n) is 23.0. The predicted octanol–water partition coefficient (Wildman–Crippen LogP) is 7.25. The number of alkyl halides is 4. The lowest BCUT2D eigenvalue weighted by molar-refractivity contribution is -0.137. The Bertz CT molecular complexity index is 1290. The van der Waals surface area contributed by atoms with Gasteiger partial charge in [-0.1, -0.05) is 12.1 Å². The molecule has 0 aromatic heterocycles. The fourth-order valence-electron chi connectivity index (χ4n) is 4.81. The maximum atomic E-state index is 15.5. The minimum absolute atomic E-state index is 0.127. The van der Waals surface area contributed by atoms with Crippen LogP contribution in [0.3, 0.4) is 0 Å². The number of rotatable bonds is 11. The van der Waals surface area contributed by atoms with E-state index in [-0.39, 0.29) is 25.0 Å². The summed E-state index contributed by atoms with van der Waals surface area (Å²) < 4.78 is 72.2. The van der Waals surface area contributed by atoms with Gasteiger partial charge in [-0.3, -0.25) is 4.90 Å². The highest BCUT2D eigenvalue weighted by atomic mass is 19.4. The molecule has 0 bridgehead atoms. The van der Waals surface area contributed by atoms with E-state index in [0.29, 0.717) is 61.2 Å². The highest BCUT2D eigenvalue weighted by Crippen LogP contribution is 2.42. The Balaban J connectivity index is 1.45. The summed E-state index contributed by atoms with van der Waals surface area (Å²) in [5, 5.41) is 9.01. The second kappa shape index (κ2) is 12.8. The second-order valence-corrected chi connectivity index (χ2v) is 9.95. The van der Waals surface area contributed by atoms with Crippen LogP contribution in [0.2, 0.25) is 0 Å². The summed E-state index contributed by atoms with van der Waals surface area (Å²) in [5.74, 6) is 0.385. The lowest BCUT2D eigenvalue weighted by Crippen LogP contribution is -2.44. The first-order valence-electron chi connectivity index (χ1n) is 13.5. The van der Waals surface area contributed by atoms with Gasteiger partial charge in [-0.2, -0.15) is 13.2 Å². The SMILES string of the molecule is CCOc1cc(CN2CCC(F)(COc3ccc(C(=O)O)cc3)CC2)cc(OCC)c1-c1ccc(C(F)(F)F)cc1. The standard InChI is InChI=1S/C31H33F4NO5/c1-3-39-26-17-21(18-27(40-4-2)28(26)22-5-9-24(10-6-22)31(33,34)35)19-36-15-13-30(32,14-16-36)20-41-25-11-7-23(8-12-25)29(37)38/h5-12,17-18H,3-4,13-16,19-20H2,1-2H3,(H,37,38). The summed E-state index contributed by atoms with van der Waals surface area (Å²) in [4.78, 5) is 13.1. The Hall–Kier alpha value is -3.79. The molecule has 3 aromatic rings. The van der Waals surface area contributed by atoms with Gasteiger partial charge in [0.2, 0.25) is 0 Å². The molecule has 0 radical (unpaired) electrons. The largest absolute Gasteiger partial charge is 0.493 e. The van der Waals surface area contributed by atoms with Crippen molar-refractivity contribution >= 4 is 5.97 Å². The van der Waals surface area contributed by atoms with Crippen molar-refractivity contribution in [3.8, 4) is 28.4 Å². The van der Waals surface area contributed by atoms with Crippen molar-refractivity contribution in [3.05, 3.63) is 77.4 Å². The number of carbonyl (C=O) groups is 1. The predicted molar refractivity (Wildman–Crippen MR) is 146 cm³/mol. The first-order chi connectivity index (χ1) is 19.5. The Morgan fingerprint density at radius 2 is 1.46 bits per heavy atom. The number of halogens is 4. The first kappa shape index (κ1) is 30.2. The number of hydrogen-bond donors (Lipinski definition) is 1. The number of aromatic carboxylic acids is 1. The number of piperidine rings is 1. The molecule has 1 aliphatic heterocycles. The minimum atomic E-state index is -4.43. The molecule has 0 unspecified atom stereocenters. The van der Waals surface area contributed by atoms with E-state index in [1.165, 1.54) is 36.4 Å². The Morgan fingerprint density at radius 3 is 1.95 bits per heavy atom. The monoisotopic (exact) mass is 575 g/mol. The summed E-state index contributed by atoms with van der Waals surface area (Å²) in [6, 6.07) is 14.5. The van der Waals surface area contributed by atoms with Crippen LogP contribution in [0, 0.1) is 0 Å². The number of hydrogen-bond acceptors (Lipinski definition) is 5.